The number of hydrogen-bond acceptors (Lipinski definition) is 5. The molecule has 0 bridgehead atoms. The Morgan fingerprint density at radius 1 is 1.55 bits per heavy atom. The highest BCUT2D eigenvalue weighted by Gasteiger charge is 2.36. The molecule has 0 unspecified atom stereocenters. The van der Waals surface area contributed by atoms with E-state index in [0.29, 0.717) is 6.54 Å². The van der Waals surface area contributed by atoms with Crippen LogP contribution in [-0.2, 0) is 18.4 Å². The summed E-state index contributed by atoms with van der Waals surface area (Å²) in [6.07, 6.45) is 3.86. The van der Waals surface area contributed by atoms with Crippen LogP contribution in [0.3, 0.4) is 0 Å². The van der Waals surface area contributed by atoms with E-state index in [1.165, 1.54) is 0 Å². The third-order valence-corrected chi connectivity index (χ3v) is 4.95. The lowest BCUT2D eigenvalue weighted by Gasteiger charge is -2.23. The second-order valence-corrected chi connectivity index (χ2v) is 6.93. The summed E-state index contributed by atoms with van der Waals surface area (Å²) in [6, 6.07) is 0. The number of amides is 1. The summed E-state index contributed by atoms with van der Waals surface area (Å²) < 4.78 is 1.79. The van der Waals surface area contributed by atoms with Gasteiger partial charge in [-0.3, -0.25) is 9.48 Å². The summed E-state index contributed by atoms with van der Waals surface area (Å²) in [6.45, 7) is 4.10. The molecule has 1 amide bonds. The lowest BCUT2D eigenvalue weighted by molar-refractivity contribution is -0.134. The minimum Gasteiger partial charge on any atom is -0.340 e. The number of carbonyl (C=O) groups is 1. The highest BCUT2D eigenvalue weighted by atomic mass is 32.1. The van der Waals surface area contributed by atoms with Crippen LogP contribution in [0.2, 0.25) is 0 Å². The molecule has 0 saturated carbocycles. The van der Waals surface area contributed by atoms with Crippen molar-refractivity contribution in [3.05, 3.63) is 34.0 Å². The Labute approximate surface area is 134 Å². The molecule has 1 aliphatic rings. The maximum Gasteiger partial charge on any atom is 0.227 e. The van der Waals surface area contributed by atoms with Crippen LogP contribution in [0.25, 0.3) is 0 Å². The van der Waals surface area contributed by atoms with E-state index in [0.717, 1.165) is 29.4 Å². The van der Waals surface area contributed by atoms with Gasteiger partial charge in [0.15, 0.2) is 0 Å². The Balaban J connectivity index is 1.70. The molecule has 7 heteroatoms. The summed E-state index contributed by atoms with van der Waals surface area (Å²) >= 11 is 1.62. The van der Waals surface area contributed by atoms with Crippen molar-refractivity contribution < 1.29 is 4.79 Å². The molecule has 1 aliphatic heterocycles. The topological polar surface area (TPSA) is 63.1 Å². The zero-order valence-electron chi connectivity index (χ0n) is 13.1. The first-order chi connectivity index (χ1) is 10.5. The maximum atomic E-state index is 12.8. The van der Waals surface area contributed by atoms with E-state index in [1.807, 2.05) is 38.8 Å². The van der Waals surface area contributed by atoms with E-state index in [9.17, 15) is 4.79 Å². The number of rotatable bonds is 4. The van der Waals surface area contributed by atoms with Crippen LogP contribution < -0.4 is 5.32 Å². The molecule has 1 saturated heterocycles. The van der Waals surface area contributed by atoms with Gasteiger partial charge in [-0.1, -0.05) is 0 Å². The normalized spacial score (nSPS) is 21.2. The van der Waals surface area contributed by atoms with Crippen LogP contribution in [0.15, 0.2) is 17.8 Å². The van der Waals surface area contributed by atoms with Crippen LogP contribution >= 0.6 is 11.3 Å². The van der Waals surface area contributed by atoms with Crippen LogP contribution in [0.1, 0.15) is 22.2 Å². The molecule has 3 heterocycles. The van der Waals surface area contributed by atoms with Gasteiger partial charge < -0.3 is 10.2 Å². The lowest BCUT2D eigenvalue weighted by Crippen LogP contribution is -2.35. The monoisotopic (exact) mass is 319 g/mol. The van der Waals surface area contributed by atoms with E-state index < -0.39 is 0 Å². The molecule has 1 N–H and O–H groups in total. The van der Waals surface area contributed by atoms with E-state index in [2.05, 4.69) is 15.4 Å². The number of nitrogens with one attached hydrogen (secondary N) is 1. The Morgan fingerprint density at radius 2 is 2.36 bits per heavy atom. The standard InChI is InChI=1S/C15H21N5OS/c1-10-18-12(9-22-10)8-19(2)15(21)14-6-16-5-13(14)11-4-17-20(3)7-11/h4,7,9,13-14,16H,5-6,8H2,1-3H3/t13-,14+/m1/s1. The van der Waals surface area contributed by atoms with E-state index in [-0.39, 0.29) is 17.7 Å². The highest BCUT2D eigenvalue weighted by Crippen LogP contribution is 2.29. The third kappa shape index (κ3) is 3.05. The minimum absolute atomic E-state index is 0.0334. The SMILES string of the molecule is Cc1nc(CN(C)C(=O)[C@H]2CNC[C@@H]2c2cnn(C)c2)cs1. The molecule has 0 aromatic carbocycles. The van der Waals surface area contributed by atoms with Crippen molar-refractivity contribution in [1.29, 1.82) is 0 Å². The van der Waals surface area contributed by atoms with E-state index in [1.54, 1.807) is 20.9 Å². The van der Waals surface area contributed by atoms with Crippen molar-refractivity contribution in [2.75, 3.05) is 20.1 Å². The van der Waals surface area contributed by atoms with Gasteiger partial charge in [0.05, 0.1) is 29.4 Å². The van der Waals surface area contributed by atoms with Crippen molar-refractivity contribution in [3.63, 3.8) is 0 Å². The van der Waals surface area contributed by atoms with Gasteiger partial charge >= 0.3 is 0 Å². The number of carbonyl (C=O) groups excluding carboxylic acids is 1. The van der Waals surface area contributed by atoms with Crippen molar-refractivity contribution in [3.8, 4) is 0 Å². The Kier molecular flexibility index (Phi) is 4.26. The van der Waals surface area contributed by atoms with Crippen molar-refractivity contribution in [1.82, 2.24) is 25.0 Å². The smallest absolute Gasteiger partial charge is 0.227 e. The number of nitrogens with zero attached hydrogens (tertiary/aromatic N) is 4. The predicted octanol–water partition coefficient (Wildman–Crippen LogP) is 1.15. The van der Waals surface area contributed by atoms with Crippen molar-refractivity contribution in [2.45, 2.75) is 19.4 Å². The van der Waals surface area contributed by atoms with Gasteiger partial charge in [0.25, 0.3) is 0 Å². The van der Waals surface area contributed by atoms with Crippen molar-refractivity contribution in [2.24, 2.45) is 13.0 Å². The predicted molar refractivity (Wildman–Crippen MR) is 85.6 cm³/mol. The zero-order chi connectivity index (χ0) is 15.7. The molecular weight excluding hydrogens is 298 g/mol. The van der Waals surface area contributed by atoms with Gasteiger partial charge in [-0.25, -0.2) is 4.98 Å². The maximum absolute atomic E-state index is 12.8. The second-order valence-electron chi connectivity index (χ2n) is 5.87. The number of thiazole rings is 1. The van der Waals surface area contributed by atoms with Crippen LogP contribution in [0, 0.1) is 12.8 Å². The first-order valence-corrected chi connectivity index (χ1v) is 8.28. The number of hydrogen-bond donors (Lipinski definition) is 1. The largest absolute Gasteiger partial charge is 0.340 e. The quantitative estimate of drug-likeness (QED) is 0.918. The molecule has 0 radical (unpaired) electrons. The van der Waals surface area contributed by atoms with Gasteiger partial charge in [0.2, 0.25) is 5.91 Å². The van der Waals surface area contributed by atoms with Gasteiger partial charge in [-0.2, -0.15) is 5.10 Å². The fraction of sp³-hybridized carbons (Fsp3) is 0.533. The van der Waals surface area contributed by atoms with Gasteiger partial charge in [0.1, 0.15) is 0 Å². The van der Waals surface area contributed by atoms with Crippen molar-refractivity contribution >= 4 is 17.2 Å². The second kappa shape index (κ2) is 6.18. The minimum atomic E-state index is -0.0334. The average Bonchev–Trinajstić information content (AvgIpc) is 3.18. The van der Waals surface area contributed by atoms with Crippen LogP contribution in [-0.4, -0.2) is 45.7 Å². The molecule has 1 fully saturated rings. The van der Waals surface area contributed by atoms with E-state index >= 15 is 0 Å². The molecule has 6 nitrogen and oxygen atoms in total. The number of aromatic nitrogens is 3. The Morgan fingerprint density at radius 3 is 3.00 bits per heavy atom. The summed E-state index contributed by atoms with van der Waals surface area (Å²) in [5.41, 5.74) is 2.09. The summed E-state index contributed by atoms with van der Waals surface area (Å²) in [7, 11) is 3.76. The highest BCUT2D eigenvalue weighted by molar-refractivity contribution is 7.09. The molecule has 2 aromatic heterocycles. The lowest BCUT2D eigenvalue weighted by atomic mass is 9.90. The number of aryl methyl sites for hydroxylation is 2. The summed E-state index contributed by atoms with van der Waals surface area (Å²) in [4.78, 5) is 19.0. The van der Waals surface area contributed by atoms with Gasteiger partial charge in [-0.05, 0) is 12.5 Å². The van der Waals surface area contributed by atoms with Crippen LogP contribution in [0.5, 0.6) is 0 Å². The first-order valence-electron chi connectivity index (χ1n) is 7.40. The van der Waals surface area contributed by atoms with Gasteiger partial charge in [-0.15, -0.1) is 11.3 Å². The molecule has 22 heavy (non-hydrogen) atoms. The third-order valence-electron chi connectivity index (χ3n) is 4.13. The molecule has 0 spiro atoms. The molecule has 3 rings (SSSR count). The Bertz CT molecular complexity index is 664. The van der Waals surface area contributed by atoms with Crippen LogP contribution in [0.4, 0.5) is 0 Å². The zero-order valence-corrected chi connectivity index (χ0v) is 13.9. The molecule has 2 atom stereocenters. The fourth-order valence-electron chi connectivity index (χ4n) is 3.00. The Hall–Kier alpha value is -1.73. The molecule has 118 valence electrons. The average molecular weight is 319 g/mol. The fourth-order valence-corrected chi connectivity index (χ4v) is 3.61. The summed E-state index contributed by atoms with van der Waals surface area (Å²) in [5, 5.41) is 10.6. The van der Waals surface area contributed by atoms with Gasteiger partial charge in [0, 0.05) is 44.7 Å². The summed E-state index contributed by atoms with van der Waals surface area (Å²) in [5.74, 6) is 0.333. The first kappa shape index (κ1) is 15.2. The molecular formula is C15H21N5OS. The van der Waals surface area contributed by atoms with E-state index in [4.69, 9.17) is 0 Å². The molecule has 0 aliphatic carbocycles. The molecule has 2 aromatic rings.